The maximum Gasteiger partial charge on any atom is 0.0594 e. The van der Waals surface area contributed by atoms with Gasteiger partial charge in [0, 0.05) is 0 Å². The molecule has 0 aromatic carbocycles. The van der Waals surface area contributed by atoms with E-state index >= 15 is 0 Å². The van der Waals surface area contributed by atoms with E-state index in [4.69, 9.17) is 0 Å². The minimum atomic E-state index is -0.125. The third kappa shape index (κ3) is 2.65. The molecule has 1 N–H and O–H groups in total. The van der Waals surface area contributed by atoms with E-state index < -0.39 is 0 Å². The van der Waals surface area contributed by atoms with Gasteiger partial charge in [-0.3, -0.25) is 0 Å². The molecule has 0 spiro atoms. The molecular formula is C30H50O. The summed E-state index contributed by atoms with van der Waals surface area (Å²) >= 11 is 0. The highest BCUT2D eigenvalue weighted by Gasteiger charge is 2.67. The summed E-state index contributed by atoms with van der Waals surface area (Å²) in [7, 11) is 0. The van der Waals surface area contributed by atoms with E-state index in [1.54, 1.807) is 0 Å². The molecule has 10 atom stereocenters. The molecule has 0 aliphatic heterocycles. The molecule has 4 saturated carbocycles. The van der Waals surface area contributed by atoms with E-state index in [1.165, 1.54) is 51.4 Å². The maximum atomic E-state index is 10.9. The van der Waals surface area contributed by atoms with Crippen molar-refractivity contribution >= 4 is 0 Å². The van der Waals surface area contributed by atoms with E-state index in [2.05, 4.69) is 61.5 Å². The Kier molecular flexibility index (Phi) is 4.82. The quantitative estimate of drug-likeness (QED) is 0.389. The van der Waals surface area contributed by atoms with Gasteiger partial charge in [0.25, 0.3) is 0 Å². The molecule has 1 nitrogen and oxygen atoms in total. The van der Waals surface area contributed by atoms with E-state index in [9.17, 15) is 5.11 Å². The Hall–Kier alpha value is -0.300. The minimum Gasteiger partial charge on any atom is -0.393 e. The predicted molar refractivity (Wildman–Crippen MR) is 131 cm³/mol. The molecule has 0 aromatic rings. The molecule has 0 saturated heterocycles. The molecule has 0 radical (unpaired) electrons. The molecule has 31 heavy (non-hydrogen) atoms. The predicted octanol–water partition coefficient (Wildman–Crippen LogP) is 8.02. The highest BCUT2D eigenvalue weighted by atomic mass is 16.3. The molecule has 176 valence electrons. The summed E-state index contributed by atoms with van der Waals surface area (Å²) in [6, 6.07) is 0. The Morgan fingerprint density at radius 2 is 1.52 bits per heavy atom. The number of allylic oxidation sites excluding steroid dienone is 2. The second-order valence-corrected chi connectivity index (χ2v) is 14.7. The van der Waals surface area contributed by atoms with Gasteiger partial charge in [0.2, 0.25) is 0 Å². The molecule has 0 heterocycles. The highest BCUT2D eigenvalue weighted by molar-refractivity contribution is 5.33. The van der Waals surface area contributed by atoms with Gasteiger partial charge in [0.15, 0.2) is 0 Å². The Labute approximate surface area is 192 Å². The van der Waals surface area contributed by atoms with Crippen LogP contribution in [0.15, 0.2) is 11.6 Å². The lowest BCUT2D eigenvalue weighted by Crippen LogP contribution is -2.64. The van der Waals surface area contributed by atoms with Crippen LogP contribution >= 0.6 is 0 Å². The first-order chi connectivity index (χ1) is 14.3. The molecule has 4 fully saturated rings. The summed E-state index contributed by atoms with van der Waals surface area (Å²) in [6.45, 7) is 20.5. The van der Waals surface area contributed by atoms with Gasteiger partial charge < -0.3 is 5.11 Å². The van der Waals surface area contributed by atoms with Crippen molar-refractivity contribution in [1.82, 2.24) is 0 Å². The number of rotatable bonds is 0. The van der Waals surface area contributed by atoms with Crippen LogP contribution < -0.4 is 0 Å². The number of aliphatic hydroxyl groups excluding tert-OH is 1. The summed E-state index contributed by atoms with van der Waals surface area (Å²) in [5.41, 5.74) is 3.60. The lowest BCUT2D eigenvalue weighted by molar-refractivity contribution is -0.203. The van der Waals surface area contributed by atoms with Crippen LogP contribution in [0.4, 0.5) is 0 Å². The maximum absolute atomic E-state index is 10.9. The molecule has 4 unspecified atom stereocenters. The summed E-state index contributed by atoms with van der Waals surface area (Å²) in [5.74, 6) is 3.90. The number of fused-ring (bicyclic) bond motifs is 7. The second kappa shape index (κ2) is 6.64. The molecule has 5 aliphatic rings. The van der Waals surface area contributed by atoms with Crippen LogP contribution in [0.1, 0.15) is 113 Å². The lowest BCUT2D eigenvalue weighted by atomic mass is 9.33. The molecule has 0 aromatic heterocycles. The molecule has 5 rings (SSSR count). The molecule has 5 aliphatic carbocycles. The van der Waals surface area contributed by atoms with Crippen LogP contribution in [0.3, 0.4) is 0 Å². The first-order valence-electron chi connectivity index (χ1n) is 13.7. The van der Waals surface area contributed by atoms with Gasteiger partial charge in [-0.1, -0.05) is 67.0 Å². The Bertz CT molecular complexity index is 779. The van der Waals surface area contributed by atoms with Gasteiger partial charge in [0.1, 0.15) is 0 Å². The first-order valence-corrected chi connectivity index (χ1v) is 13.7. The molecular weight excluding hydrogens is 376 g/mol. The van der Waals surface area contributed by atoms with Crippen LogP contribution in [0, 0.1) is 56.7 Å². The summed E-state index contributed by atoms with van der Waals surface area (Å²) in [6.07, 6.45) is 14.5. The average Bonchev–Trinajstić information content (AvgIpc) is 2.69. The largest absolute Gasteiger partial charge is 0.393 e. The van der Waals surface area contributed by atoms with E-state index in [1.807, 2.05) is 5.57 Å². The zero-order chi connectivity index (χ0) is 22.6. The third-order valence-corrected chi connectivity index (χ3v) is 13.4. The van der Waals surface area contributed by atoms with Crippen LogP contribution in [-0.4, -0.2) is 11.2 Å². The fraction of sp³-hybridized carbons (Fsp3) is 0.933. The van der Waals surface area contributed by atoms with Crippen molar-refractivity contribution in [2.75, 3.05) is 0 Å². The Morgan fingerprint density at radius 1 is 0.806 bits per heavy atom. The normalized spacial score (nSPS) is 58.3. The van der Waals surface area contributed by atoms with Crippen molar-refractivity contribution < 1.29 is 5.11 Å². The lowest BCUT2D eigenvalue weighted by Gasteiger charge is -2.71. The number of hydrogen-bond acceptors (Lipinski definition) is 1. The second-order valence-electron chi connectivity index (χ2n) is 14.7. The Morgan fingerprint density at radius 3 is 2.23 bits per heavy atom. The average molecular weight is 427 g/mol. The fourth-order valence-corrected chi connectivity index (χ4v) is 10.8. The third-order valence-electron chi connectivity index (χ3n) is 13.4. The van der Waals surface area contributed by atoms with Crippen molar-refractivity contribution in [3.05, 3.63) is 11.6 Å². The van der Waals surface area contributed by atoms with Crippen LogP contribution in [0.25, 0.3) is 0 Å². The minimum absolute atomic E-state index is 0.0533. The van der Waals surface area contributed by atoms with Crippen LogP contribution in [0.2, 0.25) is 0 Å². The van der Waals surface area contributed by atoms with Crippen molar-refractivity contribution in [2.45, 2.75) is 119 Å². The first kappa shape index (κ1) is 22.5. The van der Waals surface area contributed by atoms with Crippen LogP contribution in [-0.2, 0) is 0 Å². The number of aliphatic hydroxyl groups is 1. The van der Waals surface area contributed by atoms with Gasteiger partial charge >= 0.3 is 0 Å². The van der Waals surface area contributed by atoms with E-state index in [-0.39, 0.29) is 11.5 Å². The summed E-state index contributed by atoms with van der Waals surface area (Å²) < 4.78 is 0. The topological polar surface area (TPSA) is 20.2 Å². The van der Waals surface area contributed by atoms with Crippen molar-refractivity contribution in [2.24, 2.45) is 56.7 Å². The van der Waals surface area contributed by atoms with Gasteiger partial charge in [-0.2, -0.15) is 0 Å². The van der Waals surface area contributed by atoms with Gasteiger partial charge in [0.05, 0.1) is 6.10 Å². The van der Waals surface area contributed by atoms with E-state index in [0.29, 0.717) is 27.6 Å². The Balaban J connectivity index is 1.59. The summed E-state index contributed by atoms with van der Waals surface area (Å²) in [4.78, 5) is 0. The summed E-state index contributed by atoms with van der Waals surface area (Å²) in [5, 5.41) is 10.9. The molecule has 0 bridgehead atoms. The van der Waals surface area contributed by atoms with Gasteiger partial charge in [-0.05, 0) is 114 Å². The smallest absolute Gasteiger partial charge is 0.0594 e. The van der Waals surface area contributed by atoms with Crippen LogP contribution in [0.5, 0.6) is 0 Å². The van der Waals surface area contributed by atoms with Crippen molar-refractivity contribution in [3.63, 3.8) is 0 Å². The highest BCUT2D eigenvalue weighted by Crippen LogP contribution is 2.75. The van der Waals surface area contributed by atoms with Crippen molar-refractivity contribution in [3.8, 4) is 0 Å². The van der Waals surface area contributed by atoms with E-state index in [0.717, 1.165) is 30.1 Å². The zero-order valence-electron chi connectivity index (χ0n) is 21.9. The fourth-order valence-electron chi connectivity index (χ4n) is 10.8. The van der Waals surface area contributed by atoms with Gasteiger partial charge in [-0.25, -0.2) is 0 Å². The SMILES string of the molecule is CC1CC[C@]2(C)CCC3(C)C(=CCC4[C@@]5(C)CC[C@H](O)C(C)(C)C5CC[C@]43C)[C@@H]2[C@H]1C. The monoisotopic (exact) mass is 426 g/mol. The standard InChI is InChI=1S/C30H50O/c1-19-11-14-27(5)17-18-29(7)21(25(27)20(19)2)9-10-23-28(6)15-13-24(31)26(3,4)22(28)12-16-30(23,29)8/h9,19-20,22-25,31H,10-18H2,1-8H3/t19?,20-,22?,23?,24-,25-,27+,28-,29?,30+/m0/s1. The van der Waals surface area contributed by atoms with Gasteiger partial charge in [-0.15, -0.1) is 0 Å². The molecule has 1 heteroatoms. The zero-order valence-corrected chi connectivity index (χ0v) is 21.9. The molecule has 0 amide bonds. The number of hydrogen-bond donors (Lipinski definition) is 1. The van der Waals surface area contributed by atoms with Crippen molar-refractivity contribution in [1.29, 1.82) is 0 Å².